The molecule has 29 heavy (non-hydrogen) atoms. The van der Waals surface area contributed by atoms with Crippen LogP contribution in [0.4, 0.5) is 0 Å². The zero-order valence-corrected chi connectivity index (χ0v) is 16.7. The van der Waals surface area contributed by atoms with Crippen LogP contribution in [-0.2, 0) is 6.54 Å². The van der Waals surface area contributed by atoms with Crippen molar-refractivity contribution in [2.24, 2.45) is 0 Å². The number of fused-ring (bicyclic) bond motifs is 1. The van der Waals surface area contributed by atoms with Gasteiger partial charge in [-0.2, -0.15) is 0 Å². The molecule has 4 aromatic rings. The molecule has 0 atom stereocenters. The third kappa shape index (κ3) is 3.64. The number of rotatable bonds is 6. The lowest BCUT2D eigenvalue weighted by molar-refractivity contribution is 0.0970. The number of benzene rings is 2. The molecule has 4 rings (SSSR count). The van der Waals surface area contributed by atoms with E-state index in [9.17, 15) is 9.59 Å². The fourth-order valence-electron chi connectivity index (χ4n) is 3.09. The Bertz CT molecular complexity index is 1220. The Morgan fingerprint density at radius 2 is 1.62 bits per heavy atom. The van der Waals surface area contributed by atoms with Gasteiger partial charge < -0.3 is 9.47 Å². The number of thiophene rings is 1. The minimum atomic E-state index is -0.232. The number of nitrogens with zero attached hydrogens (tertiary/aromatic N) is 2. The lowest BCUT2D eigenvalue weighted by Gasteiger charge is -2.07. The van der Waals surface area contributed by atoms with Gasteiger partial charge in [-0.3, -0.25) is 14.2 Å². The molecule has 146 valence electrons. The summed E-state index contributed by atoms with van der Waals surface area (Å²) < 4.78 is 11.7. The third-order valence-corrected chi connectivity index (χ3v) is 5.57. The van der Waals surface area contributed by atoms with Crippen molar-refractivity contribution in [1.29, 1.82) is 0 Å². The molecule has 0 saturated carbocycles. The van der Waals surface area contributed by atoms with Crippen molar-refractivity contribution >= 4 is 27.3 Å². The highest BCUT2D eigenvalue weighted by atomic mass is 32.1. The lowest BCUT2D eigenvalue weighted by atomic mass is 10.1. The molecule has 0 radical (unpaired) electrons. The molecule has 2 aromatic carbocycles. The monoisotopic (exact) mass is 406 g/mol. The summed E-state index contributed by atoms with van der Waals surface area (Å²) in [6.07, 6.45) is 1.43. The third-order valence-electron chi connectivity index (χ3n) is 4.69. The van der Waals surface area contributed by atoms with Crippen LogP contribution in [0, 0.1) is 0 Å². The van der Waals surface area contributed by atoms with Crippen molar-refractivity contribution in [3.05, 3.63) is 76.2 Å². The van der Waals surface area contributed by atoms with E-state index in [2.05, 4.69) is 4.98 Å². The van der Waals surface area contributed by atoms with Gasteiger partial charge in [-0.25, -0.2) is 4.98 Å². The first-order valence-electron chi connectivity index (χ1n) is 8.89. The molecule has 0 fully saturated rings. The smallest absolute Gasteiger partial charge is 0.263 e. The maximum Gasteiger partial charge on any atom is 0.263 e. The van der Waals surface area contributed by atoms with Gasteiger partial charge in [0, 0.05) is 16.5 Å². The molecular weight excluding hydrogens is 388 g/mol. The first-order chi connectivity index (χ1) is 14.1. The first-order valence-corrected chi connectivity index (χ1v) is 9.77. The van der Waals surface area contributed by atoms with E-state index >= 15 is 0 Å². The minimum Gasteiger partial charge on any atom is -0.497 e. The molecule has 2 aromatic heterocycles. The predicted molar refractivity (Wildman–Crippen MR) is 113 cm³/mol. The average molecular weight is 406 g/mol. The second kappa shape index (κ2) is 7.89. The van der Waals surface area contributed by atoms with E-state index < -0.39 is 0 Å². The number of aromatic nitrogens is 2. The molecule has 0 bridgehead atoms. The number of hydrogen-bond acceptors (Lipinski definition) is 6. The Morgan fingerprint density at radius 1 is 1.00 bits per heavy atom. The second-order valence-corrected chi connectivity index (χ2v) is 7.25. The van der Waals surface area contributed by atoms with Gasteiger partial charge in [-0.1, -0.05) is 12.1 Å². The van der Waals surface area contributed by atoms with Gasteiger partial charge in [0.2, 0.25) is 0 Å². The number of hydrogen-bond donors (Lipinski definition) is 0. The maximum atomic E-state index is 13.1. The normalized spacial score (nSPS) is 10.8. The summed E-state index contributed by atoms with van der Waals surface area (Å²) in [7, 11) is 3.18. The molecule has 7 heteroatoms. The summed E-state index contributed by atoms with van der Waals surface area (Å²) in [5.74, 6) is 1.25. The standard InChI is InChI=1S/C22H18N2O4S/c1-27-16-7-3-14(4-8-16)18-12-29-21-20(18)22(26)24(13-23-21)11-19(25)15-5-9-17(28-2)10-6-15/h3-10,12-13H,11H2,1-2H3. The topological polar surface area (TPSA) is 70.4 Å². The van der Waals surface area contributed by atoms with Gasteiger partial charge >= 0.3 is 0 Å². The Labute approximate surface area is 171 Å². The summed E-state index contributed by atoms with van der Waals surface area (Å²) >= 11 is 1.41. The Hall–Kier alpha value is -3.45. The van der Waals surface area contributed by atoms with Crippen molar-refractivity contribution in [3.63, 3.8) is 0 Å². The van der Waals surface area contributed by atoms with Crippen molar-refractivity contribution in [1.82, 2.24) is 9.55 Å². The van der Waals surface area contributed by atoms with E-state index in [0.717, 1.165) is 16.9 Å². The molecule has 0 N–H and O–H groups in total. The van der Waals surface area contributed by atoms with Crippen LogP contribution in [0.3, 0.4) is 0 Å². The fourth-order valence-corrected chi connectivity index (χ4v) is 3.99. The molecule has 0 spiro atoms. The molecule has 0 aliphatic carbocycles. The zero-order chi connectivity index (χ0) is 20.4. The summed E-state index contributed by atoms with van der Waals surface area (Å²) in [6, 6.07) is 14.3. The number of carbonyl (C=O) groups is 1. The predicted octanol–water partition coefficient (Wildman–Crippen LogP) is 4.03. The average Bonchev–Trinajstić information content (AvgIpc) is 3.20. The highest BCUT2D eigenvalue weighted by Gasteiger charge is 2.15. The quantitative estimate of drug-likeness (QED) is 0.452. The molecule has 0 unspecified atom stereocenters. The number of methoxy groups -OCH3 is 2. The van der Waals surface area contributed by atoms with Crippen molar-refractivity contribution in [3.8, 4) is 22.6 Å². The number of ether oxygens (including phenoxy) is 2. The van der Waals surface area contributed by atoms with Crippen molar-refractivity contribution < 1.29 is 14.3 Å². The van der Waals surface area contributed by atoms with Crippen LogP contribution >= 0.6 is 11.3 Å². The maximum absolute atomic E-state index is 13.1. The zero-order valence-electron chi connectivity index (χ0n) is 15.9. The summed E-state index contributed by atoms with van der Waals surface area (Å²) in [5.41, 5.74) is 1.98. The summed E-state index contributed by atoms with van der Waals surface area (Å²) in [6.45, 7) is -0.0774. The summed E-state index contributed by atoms with van der Waals surface area (Å²) in [5, 5.41) is 2.43. The number of ketones is 1. The van der Waals surface area contributed by atoms with Crippen LogP contribution in [0.5, 0.6) is 11.5 Å². The van der Waals surface area contributed by atoms with Crippen LogP contribution in [0.2, 0.25) is 0 Å². The molecule has 0 amide bonds. The Morgan fingerprint density at radius 3 is 2.24 bits per heavy atom. The molecule has 2 heterocycles. The van der Waals surface area contributed by atoms with Crippen molar-refractivity contribution in [2.75, 3.05) is 14.2 Å². The van der Waals surface area contributed by atoms with Gasteiger partial charge in [-0.05, 0) is 42.0 Å². The van der Waals surface area contributed by atoms with Gasteiger partial charge in [0.05, 0.1) is 32.5 Å². The van der Waals surface area contributed by atoms with Gasteiger partial charge in [0.25, 0.3) is 5.56 Å². The van der Waals surface area contributed by atoms with E-state index in [0.29, 0.717) is 21.5 Å². The van der Waals surface area contributed by atoms with Crippen LogP contribution in [0.1, 0.15) is 10.4 Å². The molecule has 0 aliphatic rings. The van der Waals surface area contributed by atoms with E-state index in [4.69, 9.17) is 9.47 Å². The first kappa shape index (κ1) is 18.9. The number of Topliss-reactive ketones (excluding diaryl/α,β-unsaturated/α-hetero) is 1. The molecule has 6 nitrogen and oxygen atoms in total. The Kier molecular flexibility index (Phi) is 5.14. The highest BCUT2D eigenvalue weighted by Crippen LogP contribution is 2.31. The lowest BCUT2D eigenvalue weighted by Crippen LogP contribution is -2.24. The molecule has 0 aliphatic heterocycles. The van der Waals surface area contributed by atoms with E-state index in [1.807, 2.05) is 29.6 Å². The van der Waals surface area contributed by atoms with Crippen LogP contribution in [0.15, 0.2) is 65.0 Å². The van der Waals surface area contributed by atoms with Gasteiger partial charge in [0.15, 0.2) is 5.78 Å². The Balaban J connectivity index is 1.69. The highest BCUT2D eigenvalue weighted by molar-refractivity contribution is 7.17. The number of carbonyl (C=O) groups excluding carboxylic acids is 1. The van der Waals surface area contributed by atoms with Gasteiger partial charge in [-0.15, -0.1) is 11.3 Å². The molecular formula is C22H18N2O4S. The van der Waals surface area contributed by atoms with E-state index in [1.54, 1.807) is 38.5 Å². The molecule has 0 saturated heterocycles. The fraction of sp³-hybridized carbons (Fsp3) is 0.136. The van der Waals surface area contributed by atoms with Crippen LogP contribution in [0.25, 0.3) is 21.3 Å². The minimum absolute atomic E-state index is 0.0774. The van der Waals surface area contributed by atoms with Gasteiger partial charge in [0.1, 0.15) is 16.3 Å². The van der Waals surface area contributed by atoms with Crippen molar-refractivity contribution in [2.45, 2.75) is 6.54 Å². The van der Waals surface area contributed by atoms with Crippen LogP contribution in [-0.4, -0.2) is 29.6 Å². The van der Waals surface area contributed by atoms with E-state index in [1.165, 1.54) is 22.2 Å². The van der Waals surface area contributed by atoms with E-state index in [-0.39, 0.29) is 17.9 Å². The summed E-state index contributed by atoms with van der Waals surface area (Å²) in [4.78, 5) is 30.8. The second-order valence-electron chi connectivity index (χ2n) is 6.39. The van der Waals surface area contributed by atoms with Crippen LogP contribution < -0.4 is 15.0 Å². The SMILES string of the molecule is COc1ccc(C(=O)Cn2cnc3scc(-c4ccc(OC)cc4)c3c2=O)cc1. The largest absolute Gasteiger partial charge is 0.497 e.